The van der Waals surface area contributed by atoms with Crippen LogP contribution in [-0.4, -0.2) is 31.4 Å². The molecule has 1 unspecified atom stereocenters. The highest BCUT2D eigenvalue weighted by Gasteiger charge is 2.27. The zero-order valence-corrected chi connectivity index (χ0v) is 15.4. The summed E-state index contributed by atoms with van der Waals surface area (Å²) < 4.78 is 17.0. The summed E-state index contributed by atoms with van der Waals surface area (Å²) in [5.74, 6) is 1.52. The van der Waals surface area contributed by atoms with E-state index in [1.165, 1.54) is 0 Å². The summed E-state index contributed by atoms with van der Waals surface area (Å²) in [5, 5.41) is 6.19. The highest BCUT2D eigenvalue weighted by Crippen LogP contribution is 2.31. The van der Waals surface area contributed by atoms with Crippen LogP contribution in [0.3, 0.4) is 0 Å². The van der Waals surface area contributed by atoms with E-state index in [2.05, 4.69) is 10.5 Å². The summed E-state index contributed by atoms with van der Waals surface area (Å²) in [6.07, 6.45) is 0.842. The van der Waals surface area contributed by atoms with Crippen LogP contribution in [0.5, 0.6) is 17.2 Å². The standard InChI is InChI=1S/C22H20N2O4/c1-2-26-18-12-11-15-7-3-4-8-16(15)17(18)13-23-24-22(25)21-14-27-19-9-5-6-10-20(19)28-21/h3-13,21H,2,14H2,1H3,(H,24,25)/b23-13+. The number of fused-ring (bicyclic) bond motifs is 2. The third kappa shape index (κ3) is 3.62. The van der Waals surface area contributed by atoms with E-state index in [1.807, 2.05) is 55.5 Å². The van der Waals surface area contributed by atoms with E-state index in [4.69, 9.17) is 14.2 Å². The molecule has 0 saturated heterocycles. The monoisotopic (exact) mass is 376 g/mol. The van der Waals surface area contributed by atoms with E-state index in [1.54, 1.807) is 18.3 Å². The number of carbonyl (C=O) groups excluding carboxylic acids is 1. The van der Waals surface area contributed by atoms with Crippen LogP contribution in [0.15, 0.2) is 65.8 Å². The first-order chi connectivity index (χ1) is 13.8. The molecule has 1 heterocycles. The molecule has 1 aliphatic rings. The molecule has 6 heteroatoms. The number of nitrogens with zero attached hydrogens (tertiary/aromatic N) is 1. The molecule has 1 amide bonds. The number of benzene rings is 3. The number of hydrogen-bond donors (Lipinski definition) is 1. The number of nitrogens with one attached hydrogen (secondary N) is 1. The molecule has 3 aromatic carbocycles. The van der Waals surface area contributed by atoms with Gasteiger partial charge in [-0.25, -0.2) is 5.43 Å². The minimum atomic E-state index is -0.758. The molecule has 6 nitrogen and oxygen atoms in total. The Morgan fingerprint density at radius 3 is 2.79 bits per heavy atom. The van der Waals surface area contributed by atoms with Crippen LogP contribution in [-0.2, 0) is 4.79 Å². The maximum Gasteiger partial charge on any atom is 0.284 e. The number of amides is 1. The Kier molecular flexibility index (Phi) is 5.10. The normalized spacial score (nSPS) is 15.5. The van der Waals surface area contributed by atoms with Crippen molar-refractivity contribution < 1.29 is 19.0 Å². The van der Waals surface area contributed by atoms with Gasteiger partial charge in [0.2, 0.25) is 6.10 Å². The third-order valence-corrected chi connectivity index (χ3v) is 4.40. The van der Waals surface area contributed by atoms with Gasteiger partial charge in [0.1, 0.15) is 12.4 Å². The van der Waals surface area contributed by atoms with Crippen molar-refractivity contribution >= 4 is 22.9 Å². The van der Waals surface area contributed by atoms with E-state index in [9.17, 15) is 4.79 Å². The van der Waals surface area contributed by atoms with E-state index < -0.39 is 6.10 Å². The minimum absolute atomic E-state index is 0.136. The molecule has 1 N–H and O–H groups in total. The molecule has 28 heavy (non-hydrogen) atoms. The van der Waals surface area contributed by atoms with Gasteiger partial charge in [-0.1, -0.05) is 42.5 Å². The summed E-state index contributed by atoms with van der Waals surface area (Å²) in [7, 11) is 0. The minimum Gasteiger partial charge on any atom is -0.493 e. The van der Waals surface area contributed by atoms with Gasteiger partial charge in [0, 0.05) is 5.56 Å². The molecule has 0 bridgehead atoms. The van der Waals surface area contributed by atoms with Crippen molar-refractivity contribution in [3.63, 3.8) is 0 Å². The lowest BCUT2D eigenvalue weighted by Crippen LogP contribution is -2.42. The lowest BCUT2D eigenvalue weighted by atomic mass is 10.0. The summed E-state index contributed by atoms with van der Waals surface area (Å²) in [5.41, 5.74) is 3.35. The zero-order valence-electron chi connectivity index (χ0n) is 15.4. The lowest BCUT2D eigenvalue weighted by molar-refractivity contribution is -0.130. The first-order valence-electron chi connectivity index (χ1n) is 9.12. The second-order valence-electron chi connectivity index (χ2n) is 6.23. The van der Waals surface area contributed by atoms with E-state index in [0.29, 0.717) is 23.9 Å². The number of para-hydroxylation sites is 2. The Morgan fingerprint density at radius 1 is 1.14 bits per heavy atom. The van der Waals surface area contributed by atoms with Crippen LogP contribution in [0, 0.1) is 0 Å². The van der Waals surface area contributed by atoms with Gasteiger partial charge in [0.25, 0.3) is 5.91 Å². The van der Waals surface area contributed by atoms with Gasteiger partial charge in [-0.15, -0.1) is 0 Å². The first-order valence-corrected chi connectivity index (χ1v) is 9.12. The summed E-state index contributed by atoms with van der Waals surface area (Å²) in [4.78, 5) is 12.4. The molecule has 0 aliphatic carbocycles. The van der Waals surface area contributed by atoms with E-state index in [-0.39, 0.29) is 12.5 Å². The number of hydrogen-bond acceptors (Lipinski definition) is 5. The second kappa shape index (κ2) is 8.00. The van der Waals surface area contributed by atoms with Crippen LogP contribution < -0.4 is 19.6 Å². The molecule has 1 aliphatic heterocycles. The predicted octanol–water partition coefficient (Wildman–Crippen LogP) is 3.53. The number of hydrazone groups is 1. The fourth-order valence-corrected chi connectivity index (χ4v) is 3.07. The van der Waals surface area contributed by atoms with Crippen molar-refractivity contribution in [2.45, 2.75) is 13.0 Å². The van der Waals surface area contributed by atoms with Gasteiger partial charge in [-0.3, -0.25) is 4.79 Å². The molecule has 3 aromatic rings. The van der Waals surface area contributed by atoms with Crippen LogP contribution >= 0.6 is 0 Å². The summed E-state index contributed by atoms with van der Waals surface area (Å²) in [6.45, 7) is 2.60. The second-order valence-corrected chi connectivity index (χ2v) is 6.23. The number of rotatable bonds is 5. The Morgan fingerprint density at radius 2 is 1.93 bits per heavy atom. The topological polar surface area (TPSA) is 69.2 Å². The summed E-state index contributed by atoms with van der Waals surface area (Å²) in [6, 6.07) is 19.1. The molecule has 0 aromatic heterocycles. The van der Waals surface area contributed by atoms with E-state index in [0.717, 1.165) is 16.3 Å². The largest absolute Gasteiger partial charge is 0.493 e. The van der Waals surface area contributed by atoms with Crippen LogP contribution in [0.25, 0.3) is 10.8 Å². The fraction of sp³-hybridized carbons (Fsp3) is 0.182. The summed E-state index contributed by atoms with van der Waals surface area (Å²) >= 11 is 0. The van der Waals surface area contributed by atoms with Crippen LogP contribution in [0.2, 0.25) is 0 Å². The smallest absolute Gasteiger partial charge is 0.284 e. The van der Waals surface area contributed by atoms with Gasteiger partial charge in [0.15, 0.2) is 11.5 Å². The molecular formula is C22H20N2O4. The van der Waals surface area contributed by atoms with Crippen LogP contribution in [0.4, 0.5) is 0 Å². The molecule has 1 atom stereocenters. The van der Waals surface area contributed by atoms with Crippen molar-refractivity contribution in [3.8, 4) is 17.2 Å². The van der Waals surface area contributed by atoms with Crippen molar-refractivity contribution in [2.75, 3.05) is 13.2 Å². The molecular weight excluding hydrogens is 356 g/mol. The molecule has 0 saturated carbocycles. The van der Waals surface area contributed by atoms with Gasteiger partial charge in [-0.05, 0) is 35.9 Å². The number of ether oxygens (including phenoxy) is 3. The molecule has 0 spiro atoms. The van der Waals surface area contributed by atoms with Crippen molar-refractivity contribution in [1.29, 1.82) is 0 Å². The number of carbonyl (C=O) groups is 1. The van der Waals surface area contributed by atoms with Crippen molar-refractivity contribution in [2.24, 2.45) is 5.10 Å². The quantitative estimate of drug-likeness (QED) is 0.546. The molecule has 0 radical (unpaired) electrons. The zero-order chi connectivity index (χ0) is 19.3. The van der Waals surface area contributed by atoms with Gasteiger partial charge >= 0.3 is 0 Å². The van der Waals surface area contributed by atoms with Crippen molar-refractivity contribution in [3.05, 3.63) is 66.2 Å². The fourth-order valence-electron chi connectivity index (χ4n) is 3.07. The van der Waals surface area contributed by atoms with Crippen molar-refractivity contribution in [1.82, 2.24) is 5.43 Å². The first kappa shape index (κ1) is 17.9. The van der Waals surface area contributed by atoms with Gasteiger partial charge in [-0.2, -0.15) is 5.10 Å². The molecule has 142 valence electrons. The SMILES string of the molecule is CCOc1ccc2ccccc2c1/C=N/NC(=O)C1COc2ccccc2O1. The lowest BCUT2D eigenvalue weighted by Gasteiger charge is -2.24. The Bertz CT molecular complexity index is 1030. The van der Waals surface area contributed by atoms with Gasteiger partial charge < -0.3 is 14.2 Å². The highest BCUT2D eigenvalue weighted by atomic mass is 16.6. The molecule has 4 rings (SSSR count). The predicted molar refractivity (Wildman–Crippen MR) is 107 cm³/mol. The maximum atomic E-state index is 12.4. The Balaban J connectivity index is 1.51. The Hall–Kier alpha value is -3.54. The Labute approximate surface area is 162 Å². The van der Waals surface area contributed by atoms with E-state index >= 15 is 0 Å². The average molecular weight is 376 g/mol. The van der Waals surface area contributed by atoms with Gasteiger partial charge in [0.05, 0.1) is 12.8 Å². The third-order valence-electron chi connectivity index (χ3n) is 4.40. The average Bonchev–Trinajstić information content (AvgIpc) is 2.74. The highest BCUT2D eigenvalue weighted by molar-refractivity contribution is 6.02. The molecule has 0 fully saturated rings. The maximum absolute atomic E-state index is 12.4. The van der Waals surface area contributed by atoms with Crippen LogP contribution in [0.1, 0.15) is 12.5 Å².